The van der Waals surface area contributed by atoms with Crippen molar-refractivity contribution in [1.82, 2.24) is 4.98 Å². The van der Waals surface area contributed by atoms with E-state index in [1.807, 2.05) is 18.2 Å². The maximum absolute atomic E-state index is 12.4. The molecule has 118 valence electrons. The van der Waals surface area contributed by atoms with Crippen LogP contribution in [-0.4, -0.2) is 23.8 Å². The molecule has 1 heterocycles. The van der Waals surface area contributed by atoms with Crippen molar-refractivity contribution in [2.24, 2.45) is 0 Å². The van der Waals surface area contributed by atoms with E-state index in [-0.39, 0.29) is 17.3 Å². The number of aromatic nitrogens is 1. The number of benzene rings is 1. The van der Waals surface area contributed by atoms with E-state index in [4.69, 9.17) is 11.6 Å². The zero-order chi connectivity index (χ0) is 16.6. The number of ketones is 1. The van der Waals surface area contributed by atoms with Crippen LogP contribution in [0.5, 0.6) is 0 Å². The van der Waals surface area contributed by atoms with Crippen molar-refractivity contribution in [3.8, 4) is 0 Å². The number of methoxy groups -OCH3 is 1. The number of H-pyrrole nitrogens is 1. The summed E-state index contributed by atoms with van der Waals surface area (Å²) >= 11 is 6.00. The molecule has 1 N–H and O–H groups in total. The van der Waals surface area contributed by atoms with Crippen LogP contribution >= 0.6 is 11.6 Å². The number of rotatable bonds is 2. The highest BCUT2D eigenvalue weighted by atomic mass is 35.5. The Labute approximate surface area is 137 Å². The lowest BCUT2D eigenvalue weighted by atomic mass is 9.81. The molecule has 1 aliphatic carbocycles. The van der Waals surface area contributed by atoms with E-state index >= 15 is 0 Å². The number of hydrogen-bond acceptors (Lipinski definition) is 4. The first-order valence-corrected chi connectivity index (χ1v) is 7.50. The SMILES string of the molecule is COC(=O)c1cc2c([nH]c1=O)CC(c1cccc(Cl)c1)CC2=O. The van der Waals surface area contributed by atoms with E-state index < -0.39 is 11.5 Å². The lowest BCUT2D eigenvalue weighted by molar-refractivity contribution is 0.0598. The first kappa shape index (κ1) is 15.5. The number of halogens is 1. The summed E-state index contributed by atoms with van der Waals surface area (Å²) in [6.07, 6.45) is 0.818. The molecule has 0 saturated carbocycles. The third-order valence-electron chi connectivity index (χ3n) is 4.03. The second-order valence-corrected chi connectivity index (χ2v) is 5.92. The molecular weight excluding hydrogens is 318 g/mol. The van der Waals surface area contributed by atoms with Crippen LogP contribution in [0.4, 0.5) is 0 Å². The maximum atomic E-state index is 12.4. The number of hydrogen-bond donors (Lipinski definition) is 1. The molecule has 3 rings (SSSR count). The van der Waals surface area contributed by atoms with Crippen LogP contribution in [0.15, 0.2) is 35.1 Å². The Morgan fingerprint density at radius 3 is 2.74 bits per heavy atom. The summed E-state index contributed by atoms with van der Waals surface area (Å²) in [6, 6.07) is 8.67. The second kappa shape index (κ2) is 6.01. The smallest absolute Gasteiger partial charge is 0.343 e. The number of esters is 1. The summed E-state index contributed by atoms with van der Waals surface area (Å²) < 4.78 is 4.56. The third-order valence-corrected chi connectivity index (χ3v) is 4.27. The highest BCUT2D eigenvalue weighted by Crippen LogP contribution is 2.32. The Hall–Kier alpha value is -2.40. The number of aromatic amines is 1. The van der Waals surface area contributed by atoms with E-state index in [0.29, 0.717) is 29.1 Å². The lowest BCUT2D eigenvalue weighted by Crippen LogP contribution is -2.27. The minimum absolute atomic E-state index is 0.0478. The van der Waals surface area contributed by atoms with Crippen molar-refractivity contribution in [3.63, 3.8) is 0 Å². The van der Waals surface area contributed by atoms with Crippen LogP contribution in [0.3, 0.4) is 0 Å². The van der Waals surface area contributed by atoms with Gasteiger partial charge in [0.2, 0.25) is 0 Å². The topological polar surface area (TPSA) is 76.2 Å². The summed E-state index contributed by atoms with van der Waals surface area (Å²) in [6.45, 7) is 0. The molecule has 1 aliphatic rings. The summed E-state index contributed by atoms with van der Waals surface area (Å²) in [7, 11) is 1.19. The molecule has 0 aliphatic heterocycles. The number of pyridine rings is 1. The summed E-state index contributed by atoms with van der Waals surface area (Å²) in [5, 5.41) is 0.607. The van der Waals surface area contributed by atoms with Gasteiger partial charge in [0.25, 0.3) is 5.56 Å². The molecule has 6 heteroatoms. The van der Waals surface area contributed by atoms with Gasteiger partial charge in [0.15, 0.2) is 5.78 Å². The number of ether oxygens (including phenoxy) is 1. The Bertz CT molecular complexity index is 856. The van der Waals surface area contributed by atoms with Crippen LogP contribution in [0.25, 0.3) is 0 Å². The molecular formula is C17H14ClNO4. The Morgan fingerprint density at radius 1 is 1.26 bits per heavy atom. The van der Waals surface area contributed by atoms with Crippen molar-refractivity contribution in [3.05, 3.63) is 68.1 Å². The standard InChI is InChI=1S/C17H14ClNO4/c1-23-17(22)13-8-12-14(19-16(13)21)6-10(7-15(12)20)9-3-2-4-11(18)5-9/h2-5,8,10H,6-7H2,1H3,(H,19,21). The fourth-order valence-electron chi connectivity index (χ4n) is 2.89. The normalized spacial score (nSPS) is 16.8. The highest BCUT2D eigenvalue weighted by Gasteiger charge is 2.29. The van der Waals surface area contributed by atoms with E-state index in [1.165, 1.54) is 13.2 Å². The number of carbonyl (C=O) groups is 2. The van der Waals surface area contributed by atoms with E-state index in [2.05, 4.69) is 9.72 Å². The molecule has 1 atom stereocenters. The predicted octanol–water partition coefficient (Wildman–Crippen LogP) is 2.73. The number of carbonyl (C=O) groups excluding carboxylic acids is 2. The third kappa shape index (κ3) is 2.92. The molecule has 0 spiro atoms. The highest BCUT2D eigenvalue weighted by molar-refractivity contribution is 6.30. The summed E-state index contributed by atoms with van der Waals surface area (Å²) in [5.41, 5.74) is 1.18. The van der Waals surface area contributed by atoms with Crippen LogP contribution in [-0.2, 0) is 11.2 Å². The molecule has 0 fully saturated rings. The van der Waals surface area contributed by atoms with E-state index in [9.17, 15) is 14.4 Å². The van der Waals surface area contributed by atoms with Crippen molar-refractivity contribution in [1.29, 1.82) is 0 Å². The molecule has 0 amide bonds. The zero-order valence-corrected chi connectivity index (χ0v) is 13.1. The largest absolute Gasteiger partial charge is 0.465 e. The Morgan fingerprint density at radius 2 is 2.04 bits per heavy atom. The zero-order valence-electron chi connectivity index (χ0n) is 12.4. The number of nitrogens with one attached hydrogen (secondary N) is 1. The first-order chi connectivity index (χ1) is 11.0. The molecule has 2 aromatic rings. The molecule has 23 heavy (non-hydrogen) atoms. The molecule has 1 aromatic carbocycles. The van der Waals surface area contributed by atoms with Crippen molar-refractivity contribution >= 4 is 23.4 Å². The molecule has 1 unspecified atom stereocenters. The average Bonchev–Trinajstić information content (AvgIpc) is 2.53. The number of Topliss-reactive ketones (excluding diaryl/α,β-unsaturated/α-hetero) is 1. The first-order valence-electron chi connectivity index (χ1n) is 7.12. The molecule has 0 bridgehead atoms. The van der Waals surface area contributed by atoms with Crippen LogP contribution < -0.4 is 5.56 Å². The van der Waals surface area contributed by atoms with Gasteiger partial charge in [-0.2, -0.15) is 0 Å². The fourth-order valence-corrected chi connectivity index (χ4v) is 3.09. The van der Waals surface area contributed by atoms with E-state index in [1.54, 1.807) is 6.07 Å². The van der Waals surface area contributed by atoms with Gasteiger partial charge in [0.1, 0.15) is 5.56 Å². The van der Waals surface area contributed by atoms with Crippen LogP contribution in [0, 0.1) is 0 Å². The van der Waals surface area contributed by atoms with Gasteiger partial charge in [-0.05, 0) is 36.1 Å². The Kier molecular flexibility index (Phi) is 4.05. The molecule has 0 radical (unpaired) electrons. The van der Waals surface area contributed by atoms with Crippen molar-refractivity contribution < 1.29 is 14.3 Å². The minimum atomic E-state index is -0.751. The van der Waals surface area contributed by atoms with Gasteiger partial charge < -0.3 is 9.72 Å². The maximum Gasteiger partial charge on any atom is 0.343 e. The lowest BCUT2D eigenvalue weighted by Gasteiger charge is -2.24. The second-order valence-electron chi connectivity index (χ2n) is 5.48. The average molecular weight is 332 g/mol. The van der Waals surface area contributed by atoms with Gasteiger partial charge >= 0.3 is 5.97 Å². The molecule has 5 nitrogen and oxygen atoms in total. The van der Waals surface area contributed by atoms with Gasteiger partial charge in [-0.25, -0.2) is 4.79 Å². The van der Waals surface area contributed by atoms with Crippen molar-refractivity contribution in [2.45, 2.75) is 18.8 Å². The van der Waals surface area contributed by atoms with Gasteiger partial charge in [-0.3, -0.25) is 9.59 Å². The van der Waals surface area contributed by atoms with Gasteiger partial charge in [0.05, 0.1) is 7.11 Å². The van der Waals surface area contributed by atoms with E-state index in [0.717, 1.165) is 5.56 Å². The summed E-state index contributed by atoms with van der Waals surface area (Å²) in [4.78, 5) is 38.7. The quantitative estimate of drug-likeness (QED) is 0.858. The fraction of sp³-hybridized carbons (Fsp3) is 0.235. The van der Waals surface area contributed by atoms with Gasteiger partial charge in [-0.1, -0.05) is 23.7 Å². The molecule has 1 aromatic heterocycles. The number of fused-ring (bicyclic) bond motifs is 1. The summed E-state index contributed by atoms with van der Waals surface area (Å²) in [5.74, 6) is -0.912. The van der Waals surface area contributed by atoms with Gasteiger partial charge in [0, 0.05) is 22.7 Å². The van der Waals surface area contributed by atoms with Gasteiger partial charge in [-0.15, -0.1) is 0 Å². The predicted molar refractivity (Wildman–Crippen MR) is 85.2 cm³/mol. The van der Waals surface area contributed by atoms with Crippen molar-refractivity contribution in [2.75, 3.05) is 7.11 Å². The molecule has 0 saturated heterocycles. The minimum Gasteiger partial charge on any atom is -0.465 e. The van der Waals surface area contributed by atoms with Crippen LogP contribution in [0.2, 0.25) is 5.02 Å². The van der Waals surface area contributed by atoms with Crippen LogP contribution in [0.1, 0.15) is 44.3 Å². The monoisotopic (exact) mass is 331 g/mol. The Balaban J connectivity index is 2.01.